The fraction of sp³-hybridized carbons (Fsp3) is 0.200. The van der Waals surface area contributed by atoms with Gasteiger partial charge in [0.2, 0.25) is 5.91 Å². The van der Waals surface area contributed by atoms with Crippen molar-refractivity contribution in [3.05, 3.63) is 65.9 Å². The zero-order valence-corrected chi connectivity index (χ0v) is 14.9. The van der Waals surface area contributed by atoms with Crippen molar-refractivity contribution in [1.29, 1.82) is 0 Å². The normalized spacial score (nSPS) is 15.8. The Morgan fingerprint density at radius 1 is 1.19 bits per heavy atom. The van der Waals surface area contributed by atoms with Crippen molar-refractivity contribution >= 4 is 11.7 Å². The van der Waals surface area contributed by atoms with Crippen molar-refractivity contribution in [2.45, 2.75) is 12.3 Å². The maximum Gasteiger partial charge on any atom is 0.226 e. The molecule has 1 aliphatic rings. The van der Waals surface area contributed by atoms with Crippen LogP contribution >= 0.6 is 0 Å². The number of aromatic nitrogens is 2. The molecule has 0 bridgehead atoms. The Hall–Kier alpha value is -3.35. The van der Waals surface area contributed by atoms with E-state index in [1.54, 1.807) is 49.1 Å². The maximum absolute atomic E-state index is 14.3. The van der Waals surface area contributed by atoms with Crippen LogP contribution in [0, 0.1) is 5.82 Å². The highest BCUT2D eigenvalue weighted by molar-refractivity contribution is 5.94. The summed E-state index contributed by atoms with van der Waals surface area (Å²) in [6, 6.07) is 11.8. The van der Waals surface area contributed by atoms with E-state index in [1.165, 1.54) is 12.4 Å². The van der Waals surface area contributed by atoms with E-state index in [1.807, 2.05) is 6.07 Å². The molecule has 0 saturated heterocycles. The summed E-state index contributed by atoms with van der Waals surface area (Å²) in [6.45, 7) is 0. The molecular weight excluding hydrogens is 349 g/mol. The molecule has 0 unspecified atom stereocenters. The molecule has 4 rings (SSSR count). The predicted octanol–water partition coefficient (Wildman–Crippen LogP) is 3.50. The van der Waals surface area contributed by atoms with E-state index >= 15 is 0 Å². The molecule has 0 fully saturated rings. The SMILES string of the molecule is COc1ccc(OC)c([C@@H]2CC(=O)Nc3c2ncn3-c2ccccc2F)c1. The number of benzene rings is 2. The standard InChI is InChI=1S/C20H18FN3O3/c1-26-12-7-8-17(27-2)13(9-12)14-10-18(25)23-20-19(14)22-11-24(20)16-6-4-3-5-15(16)21/h3-9,11,14H,10H2,1-2H3,(H,23,25)/t14-/m0/s1. The number of anilines is 1. The van der Waals surface area contributed by atoms with Gasteiger partial charge in [-0.3, -0.25) is 9.36 Å². The Bertz CT molecular complexity index is 1020. The summed E-state index contributed by atoms with van der Waals surface area (Å²) in [5.41, 5.74) is 1.78. The van der Waals surface area contributed by atoms with Crippen LogP contribution in [0.15, 0.2) is 48.8 Å². The average molecular weight is 367 g/mol. The van der Waals surface area contributed by atoms with Gasteiger partial charge < -0.3 is 14.8 Å². The van der Waals surface area contributed by atoms with Gasteiger partial charge in [-0.1, -0.05) is 12.1 Å². The summed E-state index contributed by atoms with van der Waals surface area (Å²) in [5.74, 6) is 0.871. The summed E-state index contributed by atoms with van der Waals surface area (Å²) in [5, 5.41) is 2.82. The highest BCUT2D eigenvalue weighted by Crippen LogP contribution is 2.42. The lowest BCUT2D eigenvalue weighted by atomic mass is 9.89. The molecule has 0 spiro atoms. The van der Waals surface area contributed by atoms with Crippen molar-refractivity contribution in [1.82, 2.24) is 9.55 Å². The van der Waals surface area contributed by atoms with Crippen molar-refractivity contribution in [3.63, 3.8) is 0 Å². The molecule has 138 valence electrons. The molecule has 3 aromatic rings. The van der Waals surface area contributed by atoms with Gasteiger partial charge in [-0.15, -0.1) is 0 Å². The van der Waals surface area contributed by atoms with Crippen LogP contribution in [-0.2, 0) is 4.79 Å². The number of imidazole rings is 1. The van der Waals surface area contributed by atoms with Crippen LogP contribution in [0.2, 0.25) is 0 Å². The lowest BCUT2D eigenvalue weighted by Gasteiger charge is -2.25. The molecule has 1 aromatic heterocycles. The zero-order chi connectivity index (χ0) is 19.0. The number of carbonyl (C=O) groups is 1. The highest BCUT2D eigenvalue weighted by Gasteiger charge is 2.33. The van der Waals surface area contributed by atoms with E-state index in [2.05, 4.69) is 10.3 Å². The first-order valence-corrected chi connectivity index (χ1v) is 8.46. The number of carbonyl (C=O) groups excluding carboxylic acids is 1. The predicted molar refractivity (Wildman–Crippen MR) is 98.2 cm³/mol. The smallest absolute Gasteiger partial charge is 0.226 e. The van der Waals surface area contributed by atoms with Gasteiger partial charge in [-0.2, -0.15) is 0 Å². The van der Waals surface area contributed by atoms with Gasteiger partial charge in [0.15, 0.2) is 0 Å². The van der Waals surface area contributed by atoms with Crippen LogP contribution in [0.25, 0.3) is 5.69 Å². The van der Waals surface area contributed by atoms with Crippen LogP contribution in [0.4, 0.5) is 10.2 Å². The van der Waals surface area contributed by atoms with E-state index in [-0.39, 0.29) is 18.2 Å². The summed E-state index contributed by atoms with van der Waals surface area (Å²) >= 11 is 0. The third kappa shape index (κ3) is 2.91. The first kappa shape index (κ1) is 17.1. The lowest BCUT2D eigenvalue weighted by Crippen LogP contribution is -2.25. The molecule has 2 heterocycles. The molecule has 2 aromatic carbocycles. The molecule has 1 N–H and O–H groups in total. The van der Waals surface area contributed by atoms with Crippen LogP contribution in [0.5, 0.6) is 11.5 Å². The first-order chi connectivity index (χ1) is 13.1. The van der Waals surface area contributed by atoms with Crippen molar-refractivity contribution in [2.75, 3.05) is 19.5 Å². The Labute approximate surface area is 155 Å². The highest BCUT2D eigenvalue weighted by atomic mass is 19.1. The fourth-order valence-electron chi connectivity index (χ4n) is 3.41. The quantitative estimate of drug-likeness (QED) is 0.766. The number of fused-ring (bicyclic) bond motifs is 1. The van der Waals surface area contributed by atoms with E-state index in [4.69, 9.17) is 9.47 Å². The Morgan fingerprint density at radius 3 is 2.74 bits per heavy atom. The van der Waals surface area contributed by atoms with Crippen molar-refractivity contribution < 1.29 is 18.7 Å². The maximum atomic E-state index is 14.3. The van der Waals surface area contributed by atoms with Crippen LogP contribution < -0.4 is 14.8 Å². The monoisotopic (exact) mass is 367 g/mol. The lowest BCUT2D eigenvalue weighted by molar-refractivity contribution is -0.116. The Kier molecular flexibility index (Phi) is 4.27. The largest absolute Gasteiger partial charge is 0.497 e. The van der Waals surface area contributed by atoms with Gasteiger partial charge in [0.25, 0.3) is 0 Å². The second-order valence-electron chi connectivity index (χ2n) is 6.21. The van der Waals surface area contributed by atoms with E-state index in [0.29, 0.717) is 28.7 Å². The average Bonchev–Trinajstić information content (AvgIpc) is 3.10. The number of rotatable bonds is 4. The van der Waals surface area contributed by atoms with Crippen molar-refractivity contribution in [3.8, 4) is 17.2 Å². The van der Waals surface area contributed by atoms with Gasteiger partial charge in [0.05, 0.1) is 25.6 Å². The Morgan fingerprint density at radius 2 is 2.00 bits per heavy atom. The second-order valence-corrected chi connectivity index (χ2v) is 6.21. The molecule has 0 radical (unpaired) electrons. The van der Waals surface area contributed by atoms with E-state index < -0.39 is 5.82 Å². The Balaban J connectivity index is 1.86. The number of para-hydroxylation sites is 1. The molecule has 0 aliphatic carbocycles. The molecule has 6 nitrogen and oxygen atoms in total. The van der Waals surface area contributed by atoms with Gasteiger partial charge in [-0.25, -0.2) is 9.37 Å². The second kappa shape index (κ2) is 6.75. The molecular formula is C20H18FN3O3. The summed E-state index contributed by atoms with van der Waals surface area (Å²) in [7, 11) is 3.16. The number of amides is 1. The number of hydrogen-bond donors (Lipinski definition) is 1. The minimum Gasteiger partial charge on any atom is -0.497 e. The van der Waals surface area contributed by atoms with Gasteiger partial charge in [0, 0.05) is 17.9 Å². The third-order valence-electron chi connectivity index (χ3n) is 4.70. The van der Waals surface area contributed by atoms with Gasteiger partial charge >= 0.3 is 0 Å². The molecule has 1 aliphatic heterocycles. The summed E-state index contributed by atoms with van der Waals surface area (Å²) in [6.07, 6.45) is 1.74. The summed E-state index contributed by atoms with van der Waals surface area (Å²) < 4.78 is 26.6. The number of methoxy groups -OCH3 is 2. The molecule has 27 heavy (non-hydrogen) atoms. The van der Waals surface area contributed by atoms with E-state index in [9.17, 15) is 9.18 Å². The molecule has 7 heteroatoms. The number of hydrogen-bond acceptors (Lipinski definition) is 4. The van der Waals surface area contributed by atoms with Crippen LogP contribution in [-0.4, -0.2) is 29.7 Å². The van der Waals surface area contributed by atoms with Gasteiger partial charge in [-0.05, 0) is 30.3 Å². The topological polar surface area (TPSA) is 65.4 Å². The zero-order valence-electron chi connectivity index (χ0n) is 14.9. The third-order valence-corrected chi connectivity index (χ3v) is 4.70. The van der Waals surface area contributed by atoms with Crippen molar-refractivity contribution in [2.24, 2.45) is 0 Å². The first-order valence-electron chi connectivity index (χ1n) is 8.46. The number of ether oxygens (including phenoxy) is 2. The van der Waals surface area contributed by atoms with Crippen LogP contribution in [0.3, 0.4) is 0 Å². The molecule has 1 amide bonds. The minimum absolute atomic E-state index is 0.171. The van der Waals surface area contributed by atoms with Crippen LogP contribution in [0.1, 0.15) is 23.6 Å². The molecule has 1 atom stereocenters. The van der Waals surface area contributed by atoms with Gasteiger partial charge in [0.1, 0.15) is 29.5 Å². The molecule has 0 saturated carbocycles. The fourth-order valence-corrected chi connectivity index (χ4v) is 3.41. The summed E-state index contributed by atoms with van der Waals surface area (Å²) in [4.78, 5) is 16.9. The minimum atomic E-state index is -0.395. The number of halogens is 1. The number of nitrogens with one attached hydrogen (secondary N) is 1. The van der Waals surface area contributed by atoms with E-state index in [0.717, 1.165) is 5.56 Å². The number of nitrogens with zero attached hydrogens (tertiary/aromatic N) is 2.